The third kappa shape index (κ3) is 2.88. The maximum Gasteiger partial charge on any atom is 0.255 e. The molecule has 0 unspecified atom stereocenters. The average molecular weight is 297 g/mol. The first-order chi connectivity index (χ1) is 9.35. The van der Waals surface area contributed by atoms with Gasteiger partial charge in [0.2, 0.25) is 0 Å². The van der Waals surface area contributed by atoms with E-state index >= 15 is 0 Å². The number of carbonyl (C=O) groups is 1. The Morgan fingerprint density at radius 2 is 2.15 bits per heavy atom. The fraction of sp³-hybridized carbons (Fsp3) is 0.571. The van der Waals surface area contributed by atoms with Crippen LogP contribution in [0.25, 0.3) is 0 Å². The summed E-state index contributed by atoms with van der Waals surface area (Å²) in [6.07, 6.45) is 1.52. The van der Waals surface area contributed by atoms with Gasteiger partial charge in [-0.05, 0) is 27.0 Å². The molecule has 1 N–H and O–H groups in total. The Labute approximate surface area is 124 Å². The Bertz CT molecular complexity index is 518. The Kier molecular flexibility index (Phi) is 4.20. The fourth-order valence-corrected chi connectivity index (χ4v) is 2.51. The molecule has 110 valence electrons. The first kappa shape index (κ1) is 15.1. The molecule has 1 fully saturated rings. The van der Waals surface area contributed by atoms with Crippen LogP contribution in [0.4, 0.5) is 5.82 Å². The Morgan fingerprint density at radius 1 is 1.45 bits per heavy atom. The second kappa shape index (κ2) is 5.58. The lowest BCUT2D eigenvalue weighted by Crippen LogP contribution is -2.58. The zero-order valence-electron chi connectivity index (χ0n) is 12.4. The van der Waals surface area contributed by atoms with Gasteiger partial charge >= 0.3 is 0 Å². The van der Waals surface area contributed by atoms with Gasteiger partial charge in [-0.2, -0.15) is 0 Å². The normalized spacial score (nSPS) is 18.9. The second-order valence-electron chi connectivity index (χ2n) is 5.76. The molecular formula is C14H21ClN4O. The number of hydrogen-bond acceptors (Lipinski definition) is 4. The van der Waals surface area contributed by atoms with Crippen molar-refractivity contribution in [1.82, 2.24) is 14.8 Å². The molecule has 0 aromatic carbocycles. The summed E-state index contributed by atoms with van der Waals surface area (Å²) in [5, 5.41) is 3.32. The molecular weight excluding hydrogens is 276 g/mol. The van der Waals surface area contributed by atoms with Crippen molar-refractivity contribution >= 4 is 23.3 Å². The summed E-state index contributed by atoms with van der Waals surface area (Å²) in [7, 11) is 3.85. The van der Waals surface area contributed by atoms with E-state index in [9.17, 15) is 4.79 Å². The number of likely N-dealkylation sites (N-methyl/N-ethyl adjacent to an activating group) is 1. The first-order valence-corrected chi connectivity index (χ1v) is 7.07. The number of anilines is 1. The summed E-state index contributed by atoms with van der Waals surface area (Å²) in [6, 6.07) is 1.70. The first-order valence-electron chi connectivity index (χ1n) is 6.69. The molecule has 5 nitrogen and oxygen atoms in total. The molecule has 0 radical (unpaired) electrons. The molecule has 1 aliphatic rings. The standard InChI is InChI=1S/C14H21ClN4O/c1-14(2)9-19(6-5-18(14)4)13(20)10-7-12(16-3)17-8-11(10)15/h7-8H,5-6,9H2,1-4H3,(H,16,17). The molecule has 1 amide bonds. The molecule has 2 rings (SSSR count). The molecule has 1 aromatic heterocycles. The monoisotopic (exact) mass is 296 g/mol. The molecule has 0 atom stereocenters. The molecule has 0 saturated carbocycles. The van der Waals surface area contributed by atoms with Gasteiger partial charge in [-0.3, -0.25) is 9.69 Å². The van der Waals surface area contributed by atoms with Crippen molar-refractivity contribution in [1.29, 1.82) is 0 Å². The van der Waals surface area contributed by atoms with E-state index in [-0.39, 0.29) is 11.4 Å². The highest BCUT2D eigenvalue weighted by Gasteiger charge is 2.34. The Morgan fingerprint density at radius 3 is 2.75 bits per heavy atom. The van der Waals surface area contributed by atoms with E-state index in [1.807, 2.05) is 4.90 Å². The van der Waals surface area contributed by atoms with Crippen molar-refractivity contribution in [3.05, 3.63) is 22.8 Å². The van der Waals surface area contributed by atoms with E-state index in [1.165, 1.54) is 6.20 Å². The van der Waals surface area contributed by atoms with Crippen molar-refractivity contribution in [3.63, 3.8) is 0 Å². The maximum atomic E-state index is 12.7. The van der Waals surface area contributed by atoms with E-state index in [2.05, 4.69) is 36.1 Å². The number of halogens is 1. The van der Waals surface area contributed by atoms with E-state index in [1.54, 1.807) is 13.1 Å². The summed E-state index contributed by atoms with van der Waals surface area (Å²) in [4.78, 5) is 20.9. The molecule has 20 heavy (non-hydrogen) atoms. The quantitative estimate of drug-likeness (QED) is 0.906. The molecule has 6 heteroatoms. The number of nitrogens with one attached hydrogen (secondary N) is 1. The zero-order valence-corrected chi connectivity index (χ0v) is 13.2. The summed E-state index contributed by atoms with van der Waals surface area (Å²) in [6.45, 7) is 6.54. The van der Waals surface area contributed by atoms with Crippen LogP contribution in [-0.4, -0.2) is 60.0 Å². The van der Waals surface area contributed by atoms with E-state index < -0.39 is 0 Å². The van der Waals surface area contributed by atoms with E-state index in [0.717, 1.165) is 6.54 Å². The minimum atomic E-state index is -0.0323. The summed E-state index contributed by atoms with van der Waals surface area (Å²) in [5.41, 5.74) is 0.477. The molecule has 1 aliphatic heterocycles. The minimum Gasteiger partial charge on any atom is -0.373 e. The number of aromatic nitrogens is 1. The predicted octanol–water partition coefficient (Wildman–Crippen LogP) is 1.94. The van der Waals surface area contributed by atoms with Crippen LogP contribution in [0, 0.1) is 0 Å². The van der Waals surface area contributed by atoms with Crippen molar-refractivity contribution in [2.75, 3.05) is 39.0 Å². The molecule has 1 aromatic rings. The molecule has 0 bridgehead atoms. The molecule has 0 aliphatic carbocycles. The summed E-state index contributed by atoms with van der Waals surface area (Å²) in [5.74, 6) is 0.612. The van der Waals surface area contributed by atoms with Crippen LogP contribution in [0.3, 0.4) is 0 Å². The highest BCUT2D eigenvalue weighted by Crippen LogP contribution is 2.24. The lowest BCUT2D eigenvalue weighted by molar-refractivity contribution is 0.0311. The van der Waals surface area contributed by atoms with Gasteiger partial charge in [0, 0.05) is 38.4 Å². The Balaban J connectivity index is 2.24. The smallest absolute Gasteiger partial charge is 0.255 e. The van der Waals surface area contributed by atoms with E-state index in [4.69, 9.17) is 11.6 Å². The van der Waals surface area contributed by atoms with Crippen LogP contribution < -0.4 is 5.32 Å². The number of carbonyl (C=O) groups excluding carboxylic acids is 1. The SMILES string of the molecule is CNc1cc(C(=O)N2CCN(C)C(C)(C)C2)c(Cl)cn1. The lowest BCUT2D eigenvalue weighted by Gasteiger charge is -2.45. The third-order valence-electron chi connectivity index (χ3n) is 3.95. The van der Waals surface area contributed by atoms with Crippen LogP contribution in [0.5, 0.6) is 0 Å². The minimum absolute atomic E-state index is 0.0285. The van der Waals surface area contributed by atoms with Crippen molar-refractivity contribution in [3.8, 4) is 0 Å². The van der Waals surface area contributed by atoms with Crippen LogP contribution >= 0.6 is 11.6 Å². The number of rotatable bonds is 2. The topological polar surface area (TPSA) is 48.5 Å². The second-order valence-corrected chi connectivity index (χ2v) is 6.17. The molecule has 0 spiro atoms. The van der Waals surface area contributed by atoms with Gasteiger partial charge in [-0.25, -0.2) is 4.98 Å². The number of pyridine rings is 1. The highest BCUT2D eigenvalue weighted by atomic mass is 35.5. The fourth-order valence-electron chi connectivity index (χ4n) is 2.32. The number of piperazine rings is 1. The van der Waals surface area contributed by atoms with Crippen LogP contribution in [-0.2, 0) is 0 Å². The largest absolute Gasteiger partial charge is 0.373 e. The maximum absolute atomic E-state index is 12.7. The van der Waals surface area contributed by atoms with Gasteiger partial charge < -0.3 is 10.2 Å². The van der Waals surface area contributed by atoms with Crippen LogP contribution in [0.1, 0.15) is 24.2 Å². The van der Waals surface area contributed by atoms with Crippen molar-refractivity contribution in [2.45, 2.75) is 19.4 Å². The van der Waals surface area contributed by atoms with E-state index in [0.29, 0.717) is 29.5 Å². The van der Waals surface area contributed by atoms with Gasteiger partial charge in [-0.15, -0.1) is 0 Å². The average Bonchev–Trinajstić information content (AvgIpc) is 2.41. The number of amides is 1. The van der Waals surface area contributed by atoms with Crippen molar-refractivity contribution < 1.29 is 4.79 Å². The highest BCUT2D eigenvalue weighted by molar-refractivity contribution is 6.33. The lowest BCUT2D eigenvalue weighted by atomic mass is 9.99. The van der Waals surface area contributed by atoms with Crippen LogP contribution in [0.2, 0.25) is 5.02 Å². The summed E-state index contributed by atoms with van der Waals surface area (Å²) < 4.78 is 0. The van der Waals surface area contributed by atoms with Gasteiger partial charge in [-0.1, -0.05) is 11.6 Å². The zero-order chi connectivity index (χ0) is 14.9. The van der Waals surface area contributed by atoms with Gasteiger partial charge in [0.25, 0.3) is 5.91 Å². The molecule has 2 heterocycles. The molecule has 1 saturated heterocycles. The van der Waals surface area contributed by atoms with Crippen LogP contribution in [0.15, 0.2) is 12.3 Å². The predicted molar refractivity (Wildman–Crippen MR) is 81.4 cm³/mol. The number of hydrogen-bond donors (Lipinski definition) is 1. The third-order valence-corrected chi connectivity index (χ3v) is 4.25. The summed E-state index contributed by atoms with van der Waals surface area (Å²) >= 11 is 6.12. The van der Waals surface area contributed by atoms with Gasteiger partial charge in [0.1, 0.15) is 5.82 Å². The Hall–Kier alpha value is -1.33. The number of nitrogens with zero attached hydrogens (tertiary/aromatic N) is 3. The van der Waals surface area contributed by atoms with Gasteiger partial charge in [0.15, 0.2) is 0 Å². The van der Waals surface area contributed by atoms with Crippen molar-refractivity contribution in [2.24, 2.45) is 0 Å². The van der Waals surface area contributed by atoms with Gasteiger partial charge in [0.05, 0.1) is 10.6 Å².